The Hall–Kier alpha value is -1.73. The zero-order valence-corrected chi connectivity index (χ0v) is 13.8. The minimum absolute atomic E-state index is 0.108. The number of aliphatic hydroxyl groups is 1. The summed E-state index contributed by atoms with van der Waals surface area (Å²) in [6.45, 7) is 0. The molecule has 0 saturated carbocycles. The maximum Gasteiger partial charge on any atom is 0.278 e. The molecular formula is C18H13O2Si2. The summed E-state index contributed by atoms with van der Waals surface area (Å²) in [5, 5.41) is 9.20. The van der Waals surface area contributed by atoms with Crippen molar-refractivity contribution < 1.29 is 9.53 Å². The number of rotatable bonds is 3. The van der Waals surface area contributed by atoms with Gasteiger partial charge in [-0.05, 0) is 28.3 Å². The van der Waals surface area contributed by atoms with Crippen LogP contribution in [0.4, 0.5) is 0 Å². The van der Waals surface area contributed by atoms with Gasteiger partial charge in [-0.25, -0.2) is 0 Å². The number of hydrogen-bond donors (Lipinski definition) is 1. The molecule has 1 N–H and O–H groups in total. The topological polar surface area (TPSA) is 29.5 Å². The van der Waals surface area contributed by atoms with Crippen LogP contribution >= 0.6 is 0 Å². The lowest BCUT2D eigenvalue weighted by Gasteiger charge is -2.29. The van der Waals surface area contributed by atoms with Gasteiger partial charge in [0.1, 0.15) is 5.22 Å². The Labute approximate surface area is 135 Å². The van der Waals surface area contributed by atoms with Crippen LogP contribution in [0.1, 0.15) is 22.3 Å². The van der Waals surface area contributed by atoms with Gasteiger partial charge in [-0.1, -0.05) is 66.8 Å². The Bertz CT molecular complexity index is 732. The van der Waals surface area contributed by atoms with Gasteiger partial charge in [0, 0.05) is 0 Å². The summed E-state index contributed by atoms with van der Waals surface area (Å²) in [6.07, 6.45) is 7.78. The molecule has 0 spiro atoms. The molecule has 4 rings (SSSR count). The van der Waals surface area contributed by atoms with Crippen LogP contribution in [-0.4, -0.2) is 25.1 Å². The minimum atomic E-state index is -1.05. The summed E-state index contributed by atoms with van der Waals surface area (Å²) in [4.78, 5) is 0. The molecule has 0 saturated heterocycles. The maximum atomic E-state index is 10.9. The minimum Gasteiger partial charge on any atom is -0.404 e. The van der Waals surface area contributed by atoms with Crippen molar-refractivity contribution in [2.24, 2.45) is 0 Å². The second-order valence-corrected chi connectivity index (χ2v) is 7.46. The number of fused-ring (bicyclic) bond motifs is 2. The van der Waals surface area contributed by atoms with E-state index >= 15 is 0 Å². The highest BCUT2D eigenvalue weighted by atomic mass is 28.2. The van der Waals surface area contributed by atoms with Crippen molar-refractivity contribution in [3.8, 4) is 0 Å². The Morgan fingerprint density at radius 2 is 1.45 bits per heavy atom. The summed E-state index contributed by atoms with van der Waals surface area (Å²) in [5.74, 6) is 0. The molecule has 22 heavy (non-hydrogen) atoms. The van der Waals surface area contributed by atoms with Crippen molar-refractivity contribution in [2.75, 3.05) is 0 Å². The Kier molecular flexibility index (Phi) is 3.09. The molecule has 0 bridgehead atoms. The zero-order valence-electron chi connectivity index (χ0n) is 11.8. The van der Waals surface area contributed by atoms with Crippen LogP contribution in [0.2, 0.25) is 0 Å². The molecule has 0 aliphatic heterocycles. The van der Waals surface area contributed by atoms with E-state index in [9.17, 15) is 5.11 Å². The van der Waals surface area contributed by atoms with E-state index in [0.717, 1.165) is 22.3 Å². The van der Waals surface area contributed by atoms with Gasteiger partial charge in [0.25, 0.3) is 9.76 Å². The van der Waals surface area contributed by atoms with Gasteiger partial charge in [-0.3, -0.25) is 0 Å². The molecule has 0 fully saturated rings. The lowest BCUT2D eigenvalue weighted by molar-refractivity contribution is 0.129. The standard InChI is InChI=1S/C18H13O2Si2/c19-17(11-9-13-5-1-3-7-15(13)17)22-20-18(21)12-10-14-6-2-4-8-16(14)18/h1-12,19H. The predicted octanol–water partition coefficient (Wildman–Crippen LogP) is 2.54. The van der Waals surface area contributed by atoms with Crippen molar-refractivity contribution >= 4 is 32.2 Å². The van der Waals surface area contributed by atoms with Gasteiger partial charge in [-0.2, -0.15) is 0 Å². The van der Waals surface area contributed by atoms with Crippen molar-refractivity contribution in [1.82, 2.24) is 0 Å². The van der Waals surface area contributed by atoms with Crippen molar-refractivity contribution in [2.45, 2.75) is 10.4 Å². The van der Waals surface area contributed by atoms with Gasteiger partial charge in [-0.15, -0.1) is 0 Å². The molecule has 2 unspecified atom stereocenters. The molecule has 2 aromatic carbocycles. The molecule has 2 aromatic rings. The molecule has 2 aliphatic rings. The summed E-state index contributed by atoms with van der Waals surface area (Å²) in [5.41, 5.74) is 4.15. The molecule has 5 radical (unpaired) electrons. The number of benzene rings is 2. The van der Waals surface area contributed by atoms with Gasteiger partial charge in [0.2, 0.25) is 0 Å². The molecule has 0 amide bonds. The summed E-state index contributed by atoms with van der Waals surface area (Å²) < 4.78 is 6.11. The molecular weight excluding hydrogens is 304 g/mol. The van der Waals surface area contributed by atoms with Crippen molar-refractivity contribution in [3.05, 3.63) is 82.9 Å². The molecule has 105 valence electrons. The molecule has 2 atom stereocenters. The number of hydrogen-bond acceptors (Lipinski definition) is 2. The first-order valence-electron chi connectivity index (χ1n) is 7.11. The van der Waals surface area contributed by atoms with Gasteiger partial charge in [0.15, 0.2) is 0 Å². The van der Waals surface area contributed by atoms with E-state index < -0.39 is 10.4 Å². The van der Waals surface area contributed by atoms with Gasteiger partial charge in [0.05, 0.1) is 15.5 Å². The van der Waals surface area contributed by atoms with Crippen LogP contribution in [0, 0.1) is 0 Å². The quantitative estimate of drug-likeness (QED) is 0.882. The summed E-state index contributed by atoms with van der Waals surface area (Å²) in [7, 11) is 3.63. The lowest BCUT2D eigenvalue weighted by Crippen LogP contribution is -2.38. The van der Waals surface area contributed by atoms with Crippen molar-refractivity contribution in [3.63, 3.8) is 0 Å². The Morgan fingerprint density at radius 1 is 0.864 bits per heavy atom. The van der Waals surface area contributed by atoms with E-state index in [1.807, 2.05) is 66.8 Å². The van der Waals surface area contributed by atoms with E-state index in [0.29, 0.717) is 0 Å². The van der Waals surface area contributed by atoms with Crippen LogP contribution in [0.5, 0.6) is 0 Å². The fraction of sp³-hybridized carbons (Fsp3) is 0.111. The maximum absolute atomic E-state index is 10.9. The first-order valence-corrected chi connectivity index (χ1v) is 8.52. The van der Waals surface area contributed by atoms with E-state index in [1.165, 1.54) is 0 Å². The molecule has 0 heterocycles. The van der Waals surface area contributed by atoms with Gasteiger partial charge >= 0.3 is 0 Å². The largest absolute Gasteiger partial charge is 0.404 e. The second kappa shape index (κ2) is 4.89. The highest BCUT2D eigenvalue weighted by Gasteiger charge is 2.39. The summed E-state index contributed by atoms with van der Waals surface area (Å²) in [6, 6.07) is 16.0. The van der Waals surface area contributed by atoms with Crippen molar-refractivity contribution in [1.29, 1.82) is 0 Å². The SMILES string of the molecule is OC1([Si]OC2([Si])C=Cc3ccccc32)C=Cc2ccccc21. The highest BCUT2D eigenvalue weighted by Crippen LogP contribution is 2.38. The fourth-order valence-corrected chi connectivity index (χ4v) is 4.35. The third-order valence-electron chi connectivity index (χ3n) is 4.10. The van der Waals surface area contributed by atoms with Crippen LogP contribution < -0.4 is 0 Å². The van der Waals surface area contributed by atoms with E-state index in [1.54, 1.807) is 0 Å². The first kappa shape index (κ1) is 13.9. The average Bonchev–Trinajstić information content (AvgIpc) is 3.07. The van der Waals surface area contributed by atoms with Crippen LogP contribution in [0.15, 0.2) is 60.7 Å². The normalized spacial score (nSPS) is 27.9. The average molecular weight is 317 g/mol. The van der Waals surface area contributed by atoms with Crippen LogP contribution in [0.25, 0.3) is 12.2 Å². The Balaban J connectivity index is 1.60. The molecule has 2 aliphatic carbocycles. The third-order valence-corrected chi connectivity index (χ3v) is 6.02. The van der Waals surface area contributed by atoms with E-state index in [4.69, 9.17) is 4.43 Å². The monoisotopic (exact) mass is 317 g/mol. The molecule has 0 aromatic heterocycles. The first-order chi connectivity index (χ1) is 10.6. The lowest BCUT2D eigenvalue weighted by atomic mass is 10.1. The van der Waals surface area contributed by atoms with E-state index in [2.05, 4.69) is 16.3 Å². The fourth-order valence-electron chi connectivity index (χ4n) is 2.90. The Morgan fingerprint density at radius 3 is 2.23 bits per heavy atom. The smallest absolute Gasteiger partial charge is 0.278 e. The van der Waals surface area contributed by atoms with E-state index in [-0.39, 0.29) is 9.76 Å². The van der Waals surface area contributed by atoms with Crippen LogP contribution in [-0.2, 0) is 14.9 Å². The zero-order chi connectivity index (χ0) is 15.2. The predicted molar refractivity (Wildman–Crippen MR) is 89.1 cm³/mol. The van der Waals surface area contributed by atoms with Crippen LogP contribution in [0.3, 0.4) is 0 Å². The highest BCUT2D eigenvalue weighted by molar-refractivity contribution is 6.35. The van der Waals surface area contributed by atoms with Gasteiger partial charge < -0.3 is 9.53 Å². The molecule has 4 heteroatoms. The second-order valence-electron chi connectivity index (χ2n) is 5.55. The third kappa shape index (κ3) is 2.07. The summed E-state index contributed by atoms with van der Waals surface area (Å²) >= 11 is 0. The molecule has 2 nitrogen and oxygen atoms in total.